The van der Waals surface area contributed by atoms with Crippen LogP contribution in [-0.2, 0) is 0 Å². The van der Waals surface area contributed by atoms with Crippen molar-refractivity contribution in [2.24, 2.45) is 0 Å². The molecule has 0 radical (unpaired) electrons. The third-order valence-corrected chi connectivity index (χ3v) is 2.94. The molecular formula is C17H25NO2. The number of hydrogen-bond donors (Lipinski definition) is 1. The van der Waals surface area contributed by atoms with Crippen LogP contribution in [-0.4, -0.2) is 41.8 Å². The molecule has 0 aliphatic rings. The molecule has 0 bridgehead atoms. The van der Waals surface area contributed by atoms with Crippen LogP contribution in [0.4, 0.5) is 0 Å². The standard InChI is InChI=1S/C17H25NO2/c1-5-18(6-2)13-14-20-16-9-7-15(8-10-16)11-12-17(3,4)19/h7-10,19H,5-6,13-14H2,1-4H3. The Morgan fingerprint density at radius 2 is 1.75 bits per heavy atom. The van der Waals surface area contributed by atoms with E-state index < -0.39 is 5.60 Å². The molecule has 110 valence electrons. The molecule has 1 rings (SSSR count). The van der Waals surface area contributed by atoms with Crippen molar-refractivity contribution in [3.63, 3.8) is 0 Å². The number of likely N-dealkylation sites (N-methyl/N-ethyl adjacent to an activating group) is 1. The van der Waals surface area contributed by atoms with Crippen LogP contribution in [0.1, 0.15) is 33.3 Å². The first-order chi connectivity index (χ1) is 9.44. The van der Waals surface area contributed by atoms with Gasteiger partial charge in [-0.3, -0.25) is 0 Å². The highest BCUT2D eigenvalue weighted by Crippen LogP contribution is 2.12. The van der Waals surface area contributed by atoms with Crippen LogP contribution in [0, 0.1) is 11.8 Å². The van der Waals surface area contributed by atoms with Crippen LogP contribution in [0.3, 0.4) is 0 Å². The van der Waals surface area contributed by atoms with Crippen LogP contribution in [0.25, 0.3) is 0 Å². The third kappa shape index (κ3) is 6.60. The lowest BCUT2D eigenvalue weighted by Gasteiger charge is -2.17. The van der Waals surface area contributed by atoms with E-state index in [1.54, 1.807) is 13.8 Å². The minimum Gasteiger partial charge on any atom is -0.492 e. The quantitative estimate of drug-likeness (QED) is 0.810. The lowest BCUT2D eigenvalue weighted by molar-refractivity contribution is 0.143. The summed E-state index contributed by atoms with van der Waals surface area (Å²) in [5.41, 5.74) is -0.0814. The summed E-state index contributed by atoms with van der Waals surface area (Å²) < 4.78 is 5.70. The summed E-state index contributed by atoms with van der Waals surface area (Å²) >= 11 is 0. The van der Waals surface area contributed by atoms with Gasteiger partial charge in [0.15, 0.2) is 0 Å². The SMILES string of the molecule is CCN(CC)CCOc1ccc(C#CC(C)(C)O)cc1. The Bertz CT molecular complexity index is 445. The average Bonchev–Trinajstić information content (AvgIpc) is 2.42. The maximum absolute atomic E-state index is 9.55. The van der Waals surface area contributed by atoms with Crippen LogP contribution < -0.4 is 4.74 Å². The Morgan fingerprint density at radius 1 is 1.15 bits per heavy atom. The second kappa shape index (κ2) is 7.94. The summed E-state index contributed by atoms with van der Waals surface area (Å²) in [6, 6.07) is 7.64. The zero-order valence-corrected chi connectivity index (χ0v) is 12.9. The van der Waals surface area contributed by atoms with E-state index in [4.69, 9.17) is 4.74 Å². The number of aliphatic hydroxyl groups is 1. The highest BCUT2D eigenvalue weighted by atomic mass is 16.5. The van der Waals surface area contributed by atoms with Crippen LogP contribution in [0.15, 0.2) is 24.3 Å². The molecule has 0 amide bonds. The van der Waals surface area contributed by atoms with Crippen molar-refractivity contribution >= 4 is 0 Å². The fourth-order valence-electron chi connectivity index (χ4n) is 1.69. The molecule has 0 aliphatic heterocycles. The first kappa shape index (κ1) is 16.6. The Kier molecular flexibility index (Phi) is 6.57. The van der Waals surface area contributed by atoms with Crippen molar-refractivity contribution in [2.75, 3.05) is 26.2 Å². The van der Waals surface area contributed by atoms with E-state index in [0.29, 0.717) is 6.61 Å². The first-order valence-corrected chi connectivity index (χ1v) is 7.15. The Labute approximate surface area is 122 Å². The smallest absolute Gasteiger partial charge is 0.120 e. The predicted octanol–water partition coefficient (Wildman–Crippen LogP) is 2.53. The molecule has 1 aromatic rings. The van der Waals surface area contributed by atoms with Crippen molar-refractivity contribution in [3.05, 3.63) is 29.8 Å². The van der Waals surface area contributed by atoms with Gasteiger partial charge in [-0.25, -0.2) is 0 Å². The molecule has 1 N–H and O–H groups in total. The van der Waals surface area contributed by atoms with Gasteiger partial charge in [0.1, 0.15) is 18.0 Å². The van der Waals surface area contributed by atoms with Crippen molar-refractivity contribution < 1.29 is 9.84 Å². The van der Waals surface area contributed by atoms with Gasteiger partial charge >= 0.3 is 0 Å². The van der Waals surface area contributed by atoms with Gasteiger partial charge in [-0.2, -0.15) is 0 Å². The number of rotatable bonds is 6. The molecule has 0 aliphatic carbocycles. The molecule has 0 fully saturated rings. The third-order valence-electron chi connectivity index (χ3n) is 2.94. The first-order valence-electron chi connectivity index (χ1n) is 7.15. The normalized spacial score (nSPS) is 11.1. The highest BCUT2D eigenvalue weighted by Gasteiger charge is 2.05. The van der Waals surface area contributed by atoms with Crippen molar-refractivity contribution in [1.82, 2.24) is 4.90 Å². The summed E-state index contributed by atoms with van der Waals surface area (Å²) in [4.78, 5) is 2.32. The van der Waals surface area contributed by atoms with E-state index >= 15 is 0 Å². The summed E-state index contributed by atoms with van der Waals surface area (Å²) in [7, 11) is 0. The second-order valence-electron chi connectivity index (χ2n) is 5.21. The van der Waals surface area contributed by atoms with E-state index in [0.717, 1.165) is 30.9 Å². The largest absolute Gasteiger partial charge is 0.492 e. The molecule has 0 aromatic heterocycles. The molecule has 0 heterocycles. The lowest BCUT2D eigenvalue weighted by Crippen LogP contribution is -2.27. The summed E-state index contributed by atoms with van der Waals surface area (Å²) in [6.45, 7) is 11.4. The fraction of sp³-hybridized carbons (Fsp3) is 0.529. The highest BCUT2D eigenvalue weighted by molar-refractivity contribution is 5.39. The van der Waals surface area contributed by atoms with Crippen molar-refractivity contribution in [2.45, 2.75) is 33.3 Å². The Balaban J connectivity index is 2.48. The molecule has 3 heteroatoms. The molecule has 3 nitrogen and oxygen atoms in total. The second-order valence-corrected chi connectivity index (χ2v) is 5.21. The van der Waals surface area contributed by atoms with Crippen molar-refractivity contribution in [1.29, 1.82) is 0 Å². The number of ether oxygens (including phenoxy) is 1. The molecule has 0 spiro atoms. The van der Waals surface area contributed by atoms with Gasteiger partial charge in [0.2, 0.25) is 0 Å². The Morgan fingerprint density at radius 3 is 2.25 bits per heavy atom. The van der Waals surface area contributed by atoms with Gasteiger partial charge in [0.05, 0.1) is 0 Å². The van der Waals surface area contributed by atoms with E-state index in [2.05, 4.69) is 30.6 Å². The lowest BCUT2D eigenvalue weighted by atomic mass is 10.1. The maximum atomic E-state index is 9.55. The summed E-state index contributed by atoms with van der Waals surface area (Å²) in [5, 5.41) is 9.55. The minimum absolute atomic E-state index is 0.691. The molecule has 0 unspecified atom stereocenters. The number of benzene rings is 1. The summed E-state index contributed by atoms with van der Waals surface area (Å²) in [5.74, 6) is 6.58. The van der Waals surface area contributed by atoms with E-state index in [1.807, 2.05) is 24.3 Å². The van der Waals surface area contributed by atoms with Gasteiger partial charge in [0.25, 0.3) is 0 Å². The van der Waals surface area contributed by atoms with Crippen LogP contribution >= 0.6 is 0 Å². The van der Waals surface area contributed by atoms with Gasteiger partial charge < -0.3 is 14.7 Å². The van der Waals surface area contributed by atoms with Crippen LogP contribution in [0.5, 0.6) is 5.75 Å². The molecule has 1 aromatic carbocycles. The van der Waals surface area contributed by atoms with E-state index in [-0.39, 0.29) is 0 Å². The average molecular weight is 275 g/mol. The fourth-order valence-corrected chi connectivity index (χ4v) is 1.69. The predicted molar refractivity (Wildman–Crippen MR) is 82.9 cm³/mol. The summed E-state index contributed by atoms with van der Waals surface area (Å²) in [6.07, 6.45) is 0. The number of hydrogen-bond acceptors (Lipinski definition) is 3. The van der Waals surface area contributed by atoms with Crippen molar-refractivity contribution in [3.8, 4) is 17.6 Å². The Hall–Kier alpha value is -1.50. The van der Waals surface area contributed by atoms with Crippen LogP contribution in [0.2, 0.25) is 0 Å². The molecule has 0 atom stereocenters. The van der Waals surface area contributed by atoms with E-state index in [9.17, 15) is 5.11 Å². The zero-order chi connectivity index (χ0) is 15.0. The molecule has 0 saturated heterocycles. The molecule has 20 heavy (non-hydrogen) atoms. The minimum atomic E-state index is -0.959. The zero-order valence-electron chi connectivity index (χ0n) is 12.9. The monoisotopic (exact) mass is 275 g/mol. The van der Waals surface area contributed by atoms with Gasteiger partial charge in [-0.1, -0.05) is 25.7 Å². The van der Waals surface area contributed by atoms with Gasteiger partial charge in [-0.15, -0.1) is 0 Å². The number of nitrogens with zero attached hydrogens (tertiary/aromatic N) is 1. The van der Waals surface area contributed by atoms with Gasteiger partial charge in [0, 0.05) is 12.1 Å². The topological polar surface area (TPSA) is 32.7 Å². The van der Waals surface area contributed by atoms with E-state index in [1.165, 1.54) is 0 Å². The molecule has 0 saturated carbocycles. The maximum Gasteiger partial charge on any atom is 0.120 e. The molecular weight excluding hydrogens is 250 g/mol. The van der Waals surface area contributed by atoms with Gasteiger partial charge in [-0.05, 0) is 51.2 Å².